The van der Waals surface area contributed by atoms with E-state index in [1.54, 1.807) is 12.1 Å². The predicted octanol–water partition coefficient (Wildman–Crippen LogP) is 6.45. The molecule has 6 heteroatoms. The highest BCUT2D eigenvalue weighted by molar-refractivity contribution is 6.11. The van der Waals surface area contributed by atoms with Crippen molar-refractivity contribution >= 4 is 28.9 Å². The molecule has 0 aliphatic carbocycles. The molecule has 0 aromatic heterocycles. The molecule has 3 N–H and O–H groups in total. The van der Waals surface area contributed by atoms with E-state index >= 15 is 0 Å². The van der Waals surface area contributed by atoms with Gasteiger partial charge in [0, 0.05) is 29.5 Å². The number of hydrogen-bond donors (Lipinski definition) is 2. The molecule has 1 unspecified atom stereocenters. The first-order valence-corrected chi connectivity index (χ1v) is 11.8. The van der Waals surface area contributed by atoms with Crippen molar-refractivity contribution in [3.8, 4) is 0 Å². The van der Waals surface area contributed by atoms with E-state index < -0.39 is 0 Å². The summed E-state index contributed by atoms with van der Waals surface area (Å²) < 4.78 is 13.5. The molecule has 176 valence electrons. The molecule has 0 spiro atoms. The number of piperidine rings is 1. The number of anilines is 2. The van der Waals surface area contributed by atoms with Gasteiger partial charge in [-0.3, -0.25) is 0 Å². The average molecular weight is 458 g/mol. The number of benzene rings is 3. The highest BCUT2D eigenvalue weighted by atomic mass is 19.1. The number of halogens is 1. The summed E-state index contributed by atoms with van der Waals surface area (Å²) in [5.41, 5.74) is 11.4. The van der Waals surface area contributed by atoms with Gasteiger partial charge in [-0.25, -0.2) is 9.38 Å². The van der Waals surface area contributed by atoms with Crippen LogP contribution in [0, 0.1) is 19.7 Å². The third-order valence-electron chi connectivity index (χ3n) is 6.20. The maximum Gasteiger partial charge on any atom is 0.205 e. The summed E-state index contributed by atoms with van der Waals surface area (Å²) >= 11 is 0. The van der Waals surface area contributed by atoms with E-state index in [4.69, 9.17) is 15.7 Å². The SMILES string of the molecule is Cc1cccc(C)c1C(=Nc1ccc(F)cc1)N=C(Nc1cccc(N)c1)N1CCCCC1C. The van der Waals surface area contributed by atoms with Crippen LogP contribution < -0.4 is 11.1 Å². The standard InChI is InChI=1S/C28H32FN5/c1-19-8-6-9-20(2)26(19)27(31-24-15-13-22(29)14-16-24)33-28(34-17-5-4-10-21(34)3)32-25-12-7-11-23(30)18-25/h6-9,11-16,18,21H,4-5,10,17,30H2,1-3H3,(H,31,32,33). The summed E-state index contributed by atoms with van der Waals surface area (Å²) in [6.45, 7) is 7.26. The summed E-state index contributed by atoms with van der Waals surface area (Å²) in [4.78, 5) is 12.3. The maximum atomic E-state index is 13.5. The number of aryl methyl sites for hydroxylation is 2. The molecule has 0 saturated carbocycles. The Balaban J connectivity index is 1.86. The van der Waals surface area contributed by atoms with E-state index in [0.29, 0.717) is 23.3 Å². The molecule has 0 radical (unpaired) electrons. The average Bonchev–Trinajstić information content (AvgIpc) is 2.80. The molecule has 1 aliphatic rings. The van der Waals surface area contributed by atoms with E-state index in [2.05, 4.69) is 43.1 Å². The Morgan fingerprint density at radius 2 is 1.71 bits per heavy atom. The zero-order valence-electron chi connectivity index (χ0n) is 20.1. The van der Waals surface area contributed by atoms with Crippen LogP contribution in [0.25, 0.3) is 0 Å². The number of rotatable bonds is 3. The van der Waals surface area contributed by atoms with Gasteiger partial charge in [-0.1, -0.05) is 24.3 Å². The lowest BCUT2D eigenvalue weighted by Crippen LogP contribution is -2.45. The number of nitrogens with one attached hydrogen (secondary N) is 1. The Hall–Kier alpha value is -3.67. The minimum atomic E-state index is -0.290. The van der Waals surface area contributed by atoms with Gasteiger partial charge in [-0.15, -0.1) is 0 Å². The molecule has 0 amide bonds. The second-order valence-electron chi connectivity index (χ2n) is 8.90. The normalized spacial score (nSPS) is 17.1. The molecule has 3 aromatic rings. The van der Waals surface area contributed by atoms with Gasteiger partial charge >= 0.3 is 0 Å². The van der Waals surface area contributed by atoms with Crippen LogP contribution in [0.5, 0.6) is 0 Å². The summed E-state index contributed by atoms with van der Waals surface area (Å²) in [5, 5.41) is 3.51. The quantitative estimate of drug-likeness (QED) is 0.270. The third kappa shape index (κ3) is 5.63. The lowest BCUT2D eigenvalue weighted by molar-refractivity contribution is 0.258. The van der Waals surface area contributed by atoms with Crippen molar-refractivity contribution in [3.63, 3.8) is 0 Å². The Kier molecular flexibility index (Phi) is 7.26. The van der Waals surface area contributed by atoms with E-state index in [-0.39, 0.29) is 5.82 Å². The second kappa shape index (κ2) is 10.5. The molecule has 5 nitrogen and oxygen atoms in total. The predicted molar refractivity (Wildman–Crippen MR) is 140 cm³/mol. The number of guanidine groups is 1. The van der Waals surface area contributed by atoms with Gasteiger partial charge in [-0.2, -0.15) is 4.99 Å². The number of amidine groups is 1. The van der Waals surface area contributed by atoms with Crippen molar-refractivity contribution in [2.75, 3.05) is 17.6 Å². The monoisotopic (exact) mass is 457 g/mol. The van der Waals surface area contributed by atoms with Crippen LogP contribution in [-0.2, 0) is 0 Å². The molecule has 0 bridgehead atoms. The van der Waals surface area contributed by atoms with E-state index in [1.165, 1.54) is 18.6 Å². The number of hydrogen-bond acceptors (Lipinski definition) is 2. The summed E-state index contributed by atoms with van der Waals surface area (Å²) in [5.74, 6) is 1.04. The van der Waals surface area contributed by atoms with Gasteiger partial charge in [0.15, 0.2) is 5.84 Å². The van der Waals surface area contributed by atoms with Crippen LogP contribution in [0.15, 0.2) is 76.7 Å². The molecule has 1 saturated heterocycles. The fraction of sp³-hybridized carbons (Fsp3) is 0.286. The molecule has 1 atom stereocenters. The first kappa shape index (κ1) is 23.5. The van der Waals surface area contributed by atoms with E-state index in [1.807, 2.05) is 30.3 Å². The minimum Gasteiger partial charge on any atom is -0.399 e. The smallest absolute Gasteiger partial charge is 0.205 e. The fourth-order valence-electron chi connectivity index (χ4n) is 4.36. The molecule has 34 heavy (non-hydrogen) atoms. The van der Waals surface area contributed by atoms with Crippen molar-refractivity contribution < 1.29 is 4.39 Å². The van der Waals surface area contributed by atoms with Crippen molar-refractivity contribution in [1.82, 2.24) is 4.90 Å². The number of aliphatic imine (C=N–C) groups is 2. The Morgan fingerprint density at radius 1 is 1.00 bits per heavy atom. The van der Waals surface area contributed by atoms with Crippen LogP contribution in [0.4, 0.5) is 21.5 Å². The van der Waals surface area contributed by atoms with Crippen molar-refractivity contribution in [2.45, 2.75) is 46.1 Å². The summed E-state index contributed by atoms with van der Waals surface area (Å²) in [6.07, 6.45) is 3.41. The highest BCUT2D eigenvalue weighted by Gasteiger charge is 2.23. The van der Waals surface area contributed by atoms with Crippen molar-refractivity contribution in [3.05, 3.63) is 89.2 Å². The van der Waals surface area contributed by atoms with Crippen LogP contribution >= 0.6 is 0 Å². The van der Waals surface area contributed by atoms with Gasteiger partial charge in [0.2, 0.25) is 5.96 Å². The second-order valence-corrected chi connectivity index (χ2v) is 8.90. The Bertz CT molecular complexity index is 1180. The molecule has 3 aromatic carbocycles. The van der Waals surface area contributed by atoms with Crippen LogP contribution in [0.3, 0.4) is 0 Å². The minimum absolute atomic E-state index is 0.290. The molecule has 4 rings (SSSR count). The maximum absolute atomic E-state index is 13.5. The van der Waals surface area contributed by atoms with Crippen LogP contribution in [0.1, 0.15) is 42.9 Å². The van der Waals surface area contributed by atoms with Crippen molar-refractivity contribution in [2.24, 2.45) is 9.98 Å². The Labute approximate surface area is 201 Å². The Morgan fingerprint density at radius 3 is 2.38 bits per heavy atom. The van der Waals surface area contributed by atoms with Gasteiger partial charge in [0.1, 0.15) is 5.82 Å². The fourth-order valence-corrected chi connectivity index (χ4v) is 4.36. The van der Waals surface area contributed by atoms with Gasteiger partial charge in [0.25, 0.3) is 0 Å². The highest BCUT2D eigenvalue weighted by Crippen LogP contribution is 2.23. The van der Waals surface area contributed by atoms with Crippen LogP contribution in [-0.4, -0.2) is 29.3 Å². The molecular weight excluding hydrogens is 425 g/mol. The number of likely N-dealkylation sites (tertiary alicyclic amines) is 1. The first-order chi connectivity index (χ1) is 16.4. The van der Waals surface area contributed by atoms with E-state index in [0.717, 1.165) is 47.7 Å². The van der Waals surface area contributed by atoms with E-state index in [9.17, 15) is 4.39 Å². The lowest BCUT2D eigenvalue weighted by atomic mass is 10.0. The lowest BCUT2D eigenvalue weighted by Gasteiger charge is -2.36. The van der Waals surface area contributed by atoms with Crippen molar-refractivity contribution in [1.29, 1.82) is 0 Å². The summed E-state index contributed by atoms with van der Waals surface area (Å²) in [6, 6.07) is 20.4. The van der Waals surface area contributed by atoms with Gasteiger partial charge in [-0.05, 0) is 93.6 Å². The van der Waals surface area contributed by atoms with Crippen LogP contribution in [0.2, 0.25) is 0 Å². The number of nitrogens with zero attached hydrogens (tertiary/aromatic N) is 3. The molecule has 1 fully saturated rings. The number of nitrogens with two attached hydrogens (primary N) is 1. The van der Waals surface area contributed by atoms with Gasteiger partial charge in [0.05, 0.1) is 5.69 Å². The topological polar surface area (TPSA) is 66.0 Å². The molecular formula is C28H32FN5. The molecule has 1 aliphatic heterocycles. The largest absolute Gasteiger partial charge is 0.399 e. The zero-order valence-corrected chi connectivity index (χ0v) is 20.1. The summed E-state index contributed by atoms with van der Waals surface area (Å²) in [7, 11) is 0. The van der Waals surface area contributed by atoms with Gasteiger partial charge < -0.3 is 16.0 Å². The molecule has 1 heterocycles. The third-order valence-corrected chi connectivity index (χ3v) is 6.20. The first-order valence-electron chi connectivity index (χ1n) is 11.8. The zero-order chi connectivity index (χ0) is 24.1. The number of nitrogen functional groups attached to an aromatic ring is 1.